The molecule has 2 N–H and O–H groups in total. The number of amides is 1. The number of esters is 1. The standard InChI is InChI=1S/C25H30Cl2N2O3/c1-15-12-19(24(30)28-14-17-4-6-18(7-5-17)25(31)32-3)8-11-23(15)29-16(2)21-13-20(26)9-10-22(21)27/h8-13,16-18,29H,4-7,14H2,1-3H3,(H,28,30)/t16?,17-,18-. The Morgan fingerprint density at radius 2 is 1.81 bits per heavy atom. The summed E-state index contributed by atoms with van der Waals surface area (Å²) in [5.74, 6) is 0.188. The van der Waals surface area contributed by atoms with E-state index in [0.29, 0.717) is 28.1 Å². The van der Waals surface area contributed by atoms with E-state index in [1.807, 2.05) is 38.1 Å². The molecule has 0 aromatic heterocycles. The Balaban J connectivity index is 1.55. The first-order valence-corrected chi connectivity index (χ1v) is 11.7. The summed E-state index contributed by atoms with van der Waals surface area (Å²) in [5, 5.41) is 7.79. The van der Waals surface area contributed by atoms with Crippen molar-refractivity contribution >= 4 is 40.8 Å². The molecule has 1 amide bonds. The number of hydrogen-bond donors (Lipinski definition) is 2. The highest BCUT2D eigenvalue weighted by Gasteiger charge is 2.27. The molecule has 5 nitrogen and oxygen atoms in total. The van der Waals surface area contributed by atoms with Gasteiger partial charge in [-0.3, -0.25) is 9.59 Å². The average Bonchev–Trinajstić information content (AvgIpc) is 2.80. The third kappa shape index (κ3) is 6.17. The van der Waals surface area contributed by atoms with Crippen LogP contribution in [0.15, 0.2) is 36.4 Å². The summed E-state index contributed by atoms with van der Waals surface area (Å²) in [4.78, 5) is 24.3. The molecule has 2 aromatic rings. The minimum Gasteiger partial charge on any atom is -0.469 e. The second kappa shape index (κ2) is 11.1. The van der Waals surface area contributed by atoms with E-state index in [-0.39, 0.29) is 23.8 Å². The van der Waals surface area contributed by atoms with Gasteiger partial charge < -0.3 is 15.4 Å². The number of carbonyl (C=O) groups is 2. The second-order valence-electron chi connectivity index (χ2n) is 8.51. The number of carbonyl (C=O) groups excluding carboxylic acids is 2. The second-order valence-corrected chi connectivity index (χ2v) is 9.36. The zero-order valence-electron chi connectivity index (χ0n) is 18.7. The van der Waals surface area contributed by atoms with Crippen molar-refractivity contribution < 1.29 is 14.3 Å². The third-order valence-corrected chi connectivity index (χ3v) is 6.80. The molecule has 0 bridgehead atoms. The van der Waals surface area contributed by atoms with Crippen LogP contribution in [-0.2, 0) is 9.53 Å². The first kappa shape index (κ1) is 24.4. The lowest BCUT2D eigenvalue weighted by molar-refractivity contribution is -0.146. The third-order valence-electron chi connectivity index (χ3n) is 6.22. The Morgan fingerprint density at radius 1 is 1.09 bits per heavy atom. The van der Waals surface area contributed by atoms with E-state index in [1.165, 1.54) is 7.11 Å². The van der Waals surface area contributed by atoms with Gasteiger partial charge in [-0.1, -0.05) is 23.2 Å². The van der Waals surface area contributed by atoms with Crippen LogP contribution in [0, 0.1) is 18.8 Å². The Labute approximate surface area is 199 Å². The van der Waals surface area contributed by atoms with E-state index in [1.54, 1.807) is 12.1 Å². The molecule has 0 aliphatic heterocycles. The van der Waals surface area contributed by atoms with Gasteiger partial charge in [-0.15, -0.1) is 0 Å². The van der Waals surface area contributed by atoms with E-state index in [2.05, 4.69) is 10.6 Å². The van der Waals surface area contributed by atoms with Gasteiger partial charge in [-0.05, 0) is 93.0 Å². The lowest BCUT2D eigenvalue weighted by Crippen LogP contribution is -2.32. The van der Waals surface area contributed by atoms with Gasteiger partial charge in [0.2, 0.25) is 0 Å². The zero-order chi connectivity index (χ0) is 23.3. The minimum atomic E-state index is -0.122. The van der Waals surface area contributed by atoms with Crippen molar-refractivity contribution in [1.82, 2.24) is 5.32 Å². The fraction of sp³-hybridized carbons (Fsp3) is 0.440. The summed E-state index contributed by atoms with van der Waals surface area (Å²) in [6.45, 7) is 4.61. The molecule has 0 spiro atoms. The number of rotatable bonds is 7. The lowest BCUT2D eigenvalue weighted by atomic mass is 9.82. The topological polar surface area (TPSA) is 67.4 Å². The van der Waals surface area contributed by atoms with Gasteiger partial charge in [0, 0.05) is 27.8 Å². The number of ether oxygens (including phenoxy) is 1. The van der Waals surface area contributed by atoms with Gasteiger partial charge in [0.25, 0.3) is 5.91 Å². The molecule has 3 rings (SSSR count). The molecule has 172 valence electrons. The Hall–Kier alpha value is -2.24. The maximum atomic E-state index is 12.7. The minimum absolute atomic E-state index is 0.00108. The van der Waals surface area contributed by atoms with Crippen molar-refractivity contribution in [2.24, 2.45) is 11.8 Å². The van der Waals surface area contributed by atoms with E-state index < -0.39 is 0 Å². The van der Waals surface area contributed by atoms with Crippen LogP contribution < -0.4 is 10.6 Å². The predicted molar refractivity (Wildman–Crippen MR) is 129 cm³/mol. The Morgan fingerprint density at radius 3 is 2.47 bits per heavy atom. The summed E-state index contributed by atoms with van der Waals surface area (Å²) in [7, 11) is 1.44. The number of nitrogens with one attached hydrogen (secondary N) is 2. The van der Waals surface area contributed by atoms with E-state index in [4.69, 9.17) is 27.9 Å². The summed E-state index contributed by atoms with van der Waals surface area (Å²) >= 11 is 12.4. The normalized spacial score (nSPS) is 19.2. The number of hydrogen-bond acceptors (Lipinski definition) is 4. The van der Waals surface area contributed by atoms with Gasteiger partial charge in [0.05, 0.1) is 19.1 Å². The van der Waals surface area contributed by atoms with Gasteiger partial charge in [0.1, 0.15) is 0 Å². The van der Waals surface area contributed by atoms with Crippen molar-refractivity contribution in [3.8, 4) is 0 Å². The van der Waals surface area contributed by atoms with Crippen LogP contribution in [0.3, 0.4) is 0 Å². The summed E-state index contributed by atoms with van der Waals surface area (Å²) in [6.07, 6.45) is 3.49. The molecule has 0 heterocycles. The Bertz CT molecular complexity index is 972. The van der Waals surface area contributed by atoms with Crippen LogP contribution in [-0.4, -0.2) is 25.5 Å². The molecule has 1 aliphatic rings. The number of halogens is 2. The van der Waals surface area contributed by atoms with Crippen LogP contribution >= 0.6 is 23.2 Å². The first-order valence-electron chi connectivity index (χ1n) is 11.0. The molecule has 32 heavy (non-hydrogen) atoms. The van der Waals surface area contributed by atoms with Crippen LogP contribution in [0.2, 0.25) is 10.0 Å². The molecule has 7 heteroatoms. The van der Waals surface area contributed by atoms with Gasteiger partial charge in [-0.25, -0.2) is 0 Å². The highest BCUT2D eigenvalue weighted by molar-refractivity contribution is 6.33. The van der Waals surface area contributed by atoms with Crippen LogP contribution in [0.5, 0.6) is 0 Å². The van der Waals surface area contributed by atoms with Crippen LogP contribution in [0.1, 0.15) is 60.1 Å². The van der Waals surface area contributed by atoms with Gasteiger partial charge in [-0.2, -0.15) is 0 Å². The first-order chi connectivity index (χ1) is 15.3. The molecule has 0 radical (unpaired) electrons. The van der Waals surface area contributed by atoms with Crippen molar-refractivity contribution in [2.75, 3.05) is 19.0 Å². The molecule has 1 atom stereocenters. The molecule has 1 aliphatic carbocycles. The largest absolute Gasteiger partial charge is 0.469 e. The number of benzene rings is 2. The van der Waals surface area contributed by atoms with Gasteiger partial charge in [0.15, 0.2) is 0 Å². The molecule has 1 unspecified atom stereocenters. The monoisotopic (exact) mass is 476 g/mol. The van der Waals surface area contributed by atoms with Crippen LogP contribution in [0.25, 0.3) is 0 Å². The number of anilines is 1. The number of methoxy groups -OCH3 is 1. The van der Waals surface area contributed by atoms with Crippen molar-refractivity contribution in [3.63, 3.8) is 0 Å². The fourth-order valence-corrected chi connectivity index (χ4v) is 4.69. The fourth-order valence-electron chi connectivity index (χ4n) is 4.23. The van der Waals surface area contributed by atoms with E-state index >= 15 is 0 Å². The summed E-state index contributed by atoms with van der Waals surface area (Å²) in [5.41, 5.74) is 3.46. The SMILES string of the molecule is COC(=O)[C@H]1CC[C@H](CNC(=O)c2ccc(NC(C)c3cc(Cl)ccc3Cl)c(C)c2)CC1. The lowest BCUT2D eigenvalue weighted by Gasteiger charge is -2.27. The zero-order valence-corrected chi connectivity index (χ0v) is 20.2. The van der Waals surface area contributed by atoms with Crippen molar-refractivity contribution in [3.05, 3.63) is 63.1 Å². The van der Waals surface area contributed by atoms with Crippen LogP contribution in [0.4, 0.5) is 5.69 Å². The van der Waals surface area contributed by atoms with Crippen molar-refractivity contribution in [1.29, 1.82) is 0 Å². The molecule has 1 saturated carbocycles. The van der Waals surface area contributed by atoms with Crippen molar-refractivity contribution in [2.45, 2.75) is 45.6 Å². The molecule has 0 saturated heterocycles. The smallest absolute Gasteiger partial charge is 0.308 e. The predicted octanol–water partition coefficient (Wildman–Crippen LogP) is 6.18. The molecule has 1 fully saturated rings. The number of aryl methyl sites for hydroxylation is 1. The maximum Gasteiger partial charge on any atom is 0.308 e. The summed E-state index contributed by atoms with van der Waals surface area (Å²) in [6, 6.07) is 11.0. The summed E-state index contributed by atoms with van der Waals surface area (Å²) < 4.78 is 4.84. The Kier molecular flexibility index (Phi) is 8.44. The molecule has 2 aromatic carbocycles. The highest BCUT2D eigenvalue weighted by atomic mass is 35.5. The van der Waals surface area contributed by atoms with E-state index in [9.17, 15) is 9.59 Å². The van der Waals surface area contributed by atoms with E-state index in [0.717, 1.165) is 42.5 Å². The average molecular weight is 477 g/mol. The quantitative estimate of drug-likeness (QED) is 0.467. The van der Waals surface area contributed by atoms with Gasteiger partial charge >= 0.3 is 5.97 Å². The molecular weight excluding hydrogens is 447 g/mol. The molecular formula is C25H30Cl2N2O3. The highest BCUT2D eigenvalue weighted by Crippen LogP contribution is 2.31. The maximum absolute atomic E-state index is 12.7.